The molecule has 0 saturated carbocycles. The van der Waals surface area contributed by atoms with Crippen molar-refractivity contribution in [3.63, 3.8) is 0 Å². The number of amides is 1. The van der Waals surface area contributed by atoms with Gasteiger partial charge >= 0.3 is 0 Å². The molecular formula is C22H29N2O2Si. The third-order valence-electron chi connectivity index (χ3n) is 4.76. The van der Waals surface area contributed by atoms with Crippen LogP contribution in [0, 0.1) is 0 Å². The smallest absolute Gasteiger partial charge is 0.274 e. The van der Waals surface area contributed by atoms with Crippen LogP contribution in [0.3, 0.4) is 0 Å². The molecule has 1 fully saturated rings. The number of benzene rings is 2. The summed E-state index contributed by atoms with van der Waals surface area (Å²) in [6.07, 6.45) is 0. The fourth-order valence-electron chi connectivity index (χ4n) is 3.32. The first-order chi connectivity index (χ1) is 12.8. The van der Waals surface area contributed by atoms with E-state index in [9.17, 15) is 4.79 Å². The van der Waals surface area contributed by atoms with Crippen LogP contribution < -0.4 is 14.6 Å². The molecule has 1 unspecified atom stereocenters. The number of hydrogen-bond acceptors (Lipinski definition) is 3. The molecule has 4 nitrogen and oxygen atoms in total. The summed E-state index contributed by atoms with van der Waals surface area (Å²) >= 11 is 0. The summed E-state index contributed by atoms with van der Waals surface area (Å²) in [5, 5.41) is 3.36. The Morgan fingerprint density at radius 1 is 1.11 bits per heavy atom. The summed E-state index contributed by atoms with van der Waals surface area (Å²) < 4.78 is 6.21. The summed E-state index contributed by atoms with van der Waals surface area (Å²) in [7, 11) is -0.944. The van der Waals surface area contributed by atoms with Gasteiger partial charge in [-0.15, -0.1) is 0 Å². The van der Waals surface area contributed by atoms with Crippen molar-refractivity contribution in [2.75, 3.05) is 18.0 Å². The lowest BCUT2D eigenvalue weighted by atomic mass is 9.86. The fraction of sp³-hybridized carbons (Fsp3) is 0.409. The van der Waals surface area contributed by atoms with E-state index in [0.717, 1.165) is 23.5 Å². The average Bonchev–Trinajstić information content (AvgIpc) is 2.62. The SMILES string of the molecule is C[Si](C)Oc1cc(C(C)(C)C)ccc1N1CCNC(c2ccccc2)C1=O. The molecule has 1 heterocycles. The van der Waals surface area contributed by atoms with Crippen LogP contribution in [-0.4, -0.2) is 28.0 Å². The number of rotatable bonds is 4. The molecule has 3 rings (SSSR count). The van der Waals surface area contributed by atoms with Crippen molar-refractivity contribution < 1.29 is 9.22 Å². The van der Waals surface area contributed by atoms with Crippen LogP contribution in [0.1, 0.15) is 37.9 Å². The third kappa shape index (κ3) is 4.42. The second-order valence-electron chi connectivity index (χ2n) is 8.23. The Kier molecular flexibility index (Phi) is 5.72. The first kappa shape index (κ1) is 19.6. The zero-order valence-corrected chi connectivity index (χ0v) is 17.9. The molecule has 0 aromatic heterocycles. The molecule has 0 aliphatic carbocycles. The van der Waals surface area contributed by atoms with Crippen LogP contribution in [0.15, 0.2) is 48.5 Å². The quantitative estimate of drug-likeness (QED) is 0.803. The van der Waals surface area contributed by atoms with Gasteiger partial charge in [-0.05, 0) is 41.8 Å². The summed E-state index contributed by atoms with van der Waals surface area (Å²) in [5.74, 6) is 0.894. The van der Waals surface area contributed by atoms with E-state index >= 15 is 0 Å². The van der Waals surface area contributed by atoms with Gasteiger partial charge in [0.15, 0.2) is 0 Å². The van der Waals surface area contributed by atoms with Gasteiger partial charge in [0.2, 0.25) is 5.91 Å². The number of nitrogens with one attached hydrogen (secondary N) is 1. The van der Waals surface area contributed by atoms with Crippen molar-refractivity contribution in [2.24, 2.45) is 0 Å². The van der Waals surface area contributed by atoms with E-state index in [1.807, 2.05) is 41.3 Å². The molecule has 2 aromatic rings. The molecule has 1 atom stereocenters. The number of carbonyl (C=O) groups is 1. The molecule has 1 aliphatic heterocycles. The predicted octanol–water partition coefficient (Wildman–Crippen LogP) is 4.29. The first-order valence-electron chi connectivity index (χ1n) is 9.49. The zero-order chi connectivity index (χ0) is 19.6. The standard InChI is InChI=1S/C22H29N2O2Si/c1-22(2,3)17-11-12-18(19(15-17)26-27(4)5)24-14-13-23-20(21(24)25)16-9-7-6-8-10-16/h6-12,15,20,23H,13-14H2,1-5H3. The van der Waals surface area contributed by atoms with Crippen molar-refractivity contribution in [1.82, 2.24) is 5.32 Å². The van der Waals surface area contributed by atoms with Gasteiger partial charge in [-0.1, -0.05) is 57.2 Å². The normalized spacial score (nSPS) is 18.1. The molecular weight excluding hydrogens is 352 g/mol. The highest BCUT2D eigenvalue weighted by Crippen LogP contribution is 2.36. The van der Waals surface area contributed by atoms with Gasteiger partial charge in [-0.25, -0.2) is 0 Å². The van der Waals surface area contributed by atoms with E-state index in [2.05, 4.69) is 51.3 Å². The van der Waals surface area contributed by atoms with E-state index in [1.54, 1.807) is 0 Å². The Bertz CT molecular complexity index is 800. The number of nitrogens with zero attached hydrogens (tertiary/aromatic N) is 1. The molecule has 1 radical (unpaired) electrons. The monoisotopic (exact) mass is 381 g/mol. The minimum Gasteiger partial charge on any atom is -0.541 e. The maximum absolute atomic E-state index is 13.3. The Morgan fingerprint density at radius 2 is 1.81 bits per heavy atom. The van der Waals surface area contributed by atoms with Crippen molar-refractivity contribution in [3.05, 3.63) is 59.7 Å². The number of carbonyl (C=O) groups excluding carboxylic acids is 1. The fourth-order valence-corrected chi connectivity index (χ4v) is 3.93. The van der Waals surface area contributed by atoms with Gasteiger partial charge in [0.05, 0.1) is 5.69 Å². The van der Waals surface area contributed by atoms with Crippen LogP contribution >= 0.6 is 0 Å². The first-order valence-corrected chi connectivity index (χ1v) is 11.9. The van der Waals surface area contributed by atoms with Gasteiger partial charge in [0.1, 0.15) is 11.8 Å². The Balaban J connectivity index is 1.97. The Morgan fingerprint density at radius 3 is 2.44 bits per heavy atom. The largest absolute Gasteiger partial charge is 0.541 e. The summed E-state index contributed by atoms with van der Waals surface area (Å²) in [5.41, 5.74) is 3.12. The van der Waals surface area contributed by atoms with E-state index in [1.165, 1.54) is 5.56 Å². The van der Waals surface area contributed by atoms with Crippen LogP contribution in [-0.2, 0) is 10.2 Å². The Labute approximate surface area is 164 Å². The highest BCUT2D eigenvalue weighted by molar-refractivity contribution is 6.49. The second-order valence-corrected chi connectivity index (χ2v) is 10.3. The summed E-state index contributed by atoms with van der Waals surface area (Å²) in [6.45, 7) is 12.2. The second kappa shape index (κ2) is 7.86. The van der Waals surface area contributed by atoms with Gasteiger partial charge in [-0.2, -0.15) is 0 Å². The number of hydrogen-bond donors (Lipinski definition) is 1. The minimum atomic E-state index is -0.944. The molecule has 27 heavy (non-hydrogen) atoms. The highest BCUT2D eigenvalue weighted by atomic mass is 28.3. The Hall–Kier alpha value is -2.11. The zero-order valence-electron chi connectivity index (χ0n) is 16.9. The summed E-state index contributed by atoms with van der Waals surface area (Å²) in [6, 6.07) is 15.9. The molecule has 0 spiro atoms. The van der Waals surface area contributed by atoms with Crippen LogP contribution in [0.5, 0.6) is 5.75 Å². The number of piperazine rings is 1. The van der Waals surface area contributed by atoms with Crippen LogP contribution in [0.25, 0.3) is 0 Å². The maximum atomic E-state index is 13.3. The molecule has 2 aromatic carbocycles. The van der Waals surface area contributed by atoms with Gasteiger partial charge in [-0.3, -0.25) is 4.79 Å². The highest BCUT2D eigenvalue weighted by Gasteiger charge is 2.32. The van der Waals surface area contributed by atoms with E-state index in [0.29, 0.717) is 6.54 Å². The van der Waals surface area contributed by atoms with E-state index < -0.39 is 9.04 Å². The lowest BCUT2D eigenvalue weighted by Gasteiger charge is -2.35. The lowest BCUT2D eigenvalue weighted by molar-refractivity contribution is -0.121. The molecule has 143 valence electrons. The topological polar surface area (TPSA) is 41.6 Å². The minimum absolute atomic E-state index is 0.0328. The summed E-state index contributed by atoms with van der Waals surface area (Å²) in [4.78, 5) is 15.1. The maximum Gasteiger partial charge on any atom is 0.274 e. The predicted molar refractivity (Wildman–Crippen MR) is 113 cm³/mol. The molecule has 0 bridgehead atoms. The van der Waals surface area contributed by atoms with Crippen LogP contribution in [0.4, 0.5) is 5.69 Å². The molecule has 1 N–H and O–H groups in total. The van der Waals surface area contributed by atoms with Gasteiger partial charge < -0.3 is 14.6 Å². The van der Waals surface area contributed by atoms with Crippen molar-refractivity contribution in [1.29, 1.82) is 0 Å². The van der Waals surface area contributed by atoms with Crippen molar-refractivity contribution >= 4 is 20.6 Å². The molecule has 5 heteroatoms. The number of anilines is 1. The van der Waals surface area contributed by atoms with Gasteiger partial charge in [0, 0.05) is 13.1 Å². The van der Waals surface area contributed by atoms with E-state index in [4.69, 9.17) is 4.43 Å². The van der Waals surface area contributed by atoms with Gasteiger partial charge in [0.25, 0.3) is 9.04 Å². The van der Waals surface area contributed by atoms with Crippen LogP contribution in [0.2, 0.25) is 13.1 Å². The third-order valence-corrected chi connectivity index (χ3v) is 5.39. The molecule has 1 saturated heterocycles. The molecule has 1 aliphatic rings. The average molecular weight is 382 g/mol. The lowest BCUT2D eigenvalue weighted by Crippen LogP contribution is -2.50. The van der Waals surface area contributed by atoms with Crippen molar-refractivity contribution in [2.45, 2.75) is 45.3 Å². The van der Waals surface area contributed by atoms with E-state index in [-0.39, 0.29) is 17.4 Å². The molecule has 1 amide bonds. The van der Waals surface area contributed by atoms with Crippen molar-refractivity contribution in [3.8, 4) is 5.75 Å².